The SMILES string of the molecule is Cc1[nH][nH+]c(C)c1Cc1c(C)[nH][nH+]c1C.Cc1[nH][nH+]c(C)c1Cc1c(C)[nH][nH+]c1C.O.O.O.O.O=C([O-])c1cc(C(=O)O)c(C(=O)O)cc1C(=O)O.O=C([O-])c1cc(C(=O)O)c(C(=O)O)cc1C(=O)O.O=C([O-])c1cc(C(=O)[O-])c(C(=O)O)cc1C(=O)O. The number of benzene rings is 3. The molecular weight excluding hydrogens is 1180 g/mol. The molecule has 0 aliphatic heterocycles. The van der Waals surface area contributed by atoms with E-state index < -0.39 is 138 Å². The zero-order chi connectivity index (χ0) is 64.1. The van der Waals surface area contributed by atoms with E-state index in [0.717, 1.165) is 12.8 Å². The van der Waals surface area contributed by atoms with Crippen LogP contribution in [0.25, 0.3) is 0 Å². The maximum Gasteiger partial charge on any atom is 0.336 e. The Morgan fingerprint density at radius 2 is 0.409 bits per heavy atom. The summed E-state index contributed by atoms with van der Waals surface area (Å²) in [6, 6.07) is 2.66. The Morgan fingerprint density at radius 1 is 0.284 bits per heavy atom. The van der Waals surface area contributed by atoms with Gasteiger partial charge in [-0.25, -0.2) is 38.4 Å². The van der Waals surface area contributed by atoms with Crippen LogP contribution in [0.4, 0.5) is 0 Å². The summed E-state index contributed by atoms with van der Waals surface area (Å²) in [5, 5.41) is 138. The van der Waals surface area contributed by atoms with Crippen molar-refractivity contribution in [3.8, 4) is 0 Å². The number of aromatic nitrogens is 8. The van der Waals surface area contributed by atoms with E-state index in [1.807, 2.05) is 0 Å². The number of rotatable bonds is 16. The highest BCUT2D eigenvalue weighted by Gasteiger charge is 2.26. The second-order valence-electron chi connectivity index (χ2n) is 17.7. The smallest absolute Gasteiger partial charge is 0.336 e. The Kier molecular flexibility index (Phi) is 29.0. The fourth-order valence-electron chi connectivity index (χ4n) is 7.78. The molecule has 0 aliphatic rings. The van der Waals surface area contributed by atoms with Crippen molar-refractivity contribution in [1.82, 2.24) is 20.4 Å². The first kappa shape index (κ1) is 78.0. The van der Waals surface area contributed by atoms with Gasteiger partial charge in [0.25, 0.3) is 0 Å². The molecule has 0 atom stereocenters. The number of hydrogen-bond acceptors (Lipinski definition) is 16. The maximum absolute atomic E-state index is 10.8. The molecule has 4 aromatic heterocycles. The molecule has 7 aromatic rings. The van der Waals surface area contributed by atoms with Crippen LogP contribution in [-0.2, 0) is 12.8 Å². The summed E-state index contributed by atoms with van der Waals surface area (Å²) in [5.41, 5.74) is 4.73. The Balaban J connectivity index is 0. The van der Waals surface area contributed by atoms with Crippen LogP contribution in [0.5, 0.6) is 0 Å². The zero-order valence-electron chi connectivity index (χ0n) is 47.0. The van der Waals surface area contributed by atoms with Crippen LogP contribution in [-0.4, -0.2) is 155 Å². The first-order chi connectivity index (χ1) is 38.9. The van der Waals surface area contributed by atoms with Crippen LogP contribution in [0.15, 0.2) is 36.4 Å². The van der Waals surface area contributed by atoms with E-state index in [0.29, 0.717) is 36.4 Å². The van der Waals surface area contributed by atoms with Gasteiger partial charge in [-0.05, 0) is 64.1 Å². The van der Waals surface area contributed by atoms with Crippen LogP contribution in [0, 0.1) is 55.4 Å². The van der Waals surface area contributed by atoms with Crippen LogP contribution in [0.1, 0.15) is 192 Å². The molecule has 474 valence electrons. The summed E-state index contributed by atoms with van der Waals surface area (Å²) >= 11 is 0. The third-order valence-electron chi connectivity index (χ3n) is 12.3. The molecule has 0 unspecified atom stereocenters. The van der Waals surface area contributed by atoms with Gasteiger partial charge >= 0.3 is 47.8 Å². The average molecular weight is 1240 g/mol. The van der Waals surface area contributed by atoms with E-state index >= 15 is 0 Å². The molecule has 7 rings (SSSR count). The summed E-state index contributed by atoms with van der Waals surface area (Å²) in [6.45, 7) is 16.8. The lowest BCUT2D eigenvalue weighted by Crippen LogP contribution is -2.29. The summed E-state index contributed by atoms with van der Waals surface area (Å²) in [6.07, 6.45) is 1.94. The maximum atomic E-state index is 10.8. The minimum Gasteiger partial charge on any atom is -0.545 e. The lowest BCUT2D eigenvalue weighted by atomic mass is 9.98. The number of aryl methyl sites for hydroxylation is 8. The normalized spacial score (nSPS) is 9.73. The highest BCUT2D eigenvalue weighted by atomic mass is 16.4. The number of carboxylic acid groups (broad SMARTS) is 12. The van der Waals surface area contributed by atoms with Gasteiger partial charge < -0.3 is 102 Å². The molecule has 24 N–H and O–H groups in total. The molecule has 0 aliphatic carbocycles. The van der Waals surface area contributed by atoms with Gasteiger partial charge in [-0.2, -0.15) is 20.4 Å². The predicted molar refractivity (Wildman–Crippen MR) is 280 cm³/mol. The van der Waals surface area contributed by atoms with Gasteiger partial charge in [0.15, 0.2) is 0 Å². The predicted octanol–water partition coefficient (Wildman–Crippen LogP) is -5.61. The monoisotopic (exact) mass is 1240 g/mol. The molecule has 0 spiro atoms. The highest BCUT2D eigenvalue weighted by Crippen LogP contribution is 2.22. The van der Waals surface area contributed by atoms with Crippen molar-refractivity contribution in [2.24, 2.45) is 0 Å². The van der Waals surface area contributed by atoms with Gasteiger partial charge in [-0.3, -0.25) is 0 Å². The fraction of sp³-hybridized carbons (Fsp3) is 0.192. The second kappa shape index (κ2) is 32.7. The van der Waals surface area contributed by atoms with Gasteiger partial charge in [-0.1, -0.05) is 0 Å². The van der Waals surface area contributed by atoms with Crippen LogP contribution in [0.3, 0.4) is 0 Å². The summed E-state index contributed by atoms with van der Waals surface area (Å²) in [5.74, 6) is -21.3. The highest BCUT2D eigenvalue weighted by molar-refractivity contribution is 6.11. The number of carboxylic acids is 12. The molecule has 0 amide bonds. The van der Waals surface area contributed by atoms with Crippen molar-refractivity contribution in [1.29, 1.82) is 0 Å². The molecule has 3 aromatic carbocycles. The van der Waals surface area contributed by atoms with Gasteiger partial charge in [0, 0.05) is 62.8 Å². The van der Waals surface area contributed by atoms with Gasteiger partial charge in [0.2, 0.25) is 22.8 Å². The van der Waals surface area contributed by atoms with E-state index in [4.69, 9.17) is 40.9 Å². The minimum absolute atomic E-state index is 0. The van der Waals surface area contributed by atoms with Crippen molar-refractivity contribution in [3.05, 3.63) is 171 Å². The Labute approximate surface area is 491 Å². The molecular formula is C52H58N8O28. The first-order valence-corrected chi connectivity index (χ1v) is 23.4. The van der Waals surface area contributed by atoms with Crippen LogP contribution < -0.4 is 40.8 Å². The molecule has 0 bridgehead atoms. The summed E-state index contributed by atoms with van der Waals surface area (Å²) < 4.78 is 0. The minimum atomic E-state index is -1.94. The molecule has 4 heterocycles. The van der Waals surface area contributed by atoms with Crippen molar-refractivity contribution in [2.45, 2.75) is 68.2 Å². The number of aromatic amines is 8. The summed E-state index contributed by atoms with van der Waals surface area (Å²) in [4.78, 5) is 129. The molecule has 0 saturated heterocycles. The second-order valence-corrected chi connectivity index (χ2v) is 17.7. The van der Waals surface area contributed by atoms with E-state index in [9.17, 15) is 78.0 Å². The van der Waals surface area contributed by atoms with E-state index in [2.05, 4.69) is 96.2 Å². The van der Waals surface area contributed by atoms with Crippen molar-refractivity contribution >= 4 is 71.6 Å². The lowest BCUT2D eigenvalue weighted by Gasteiger charge is -2.13. The Bertz CT molecular complexity index is 3050. The van der Waals surface area contributed by atoms with Gasteiger partial charge in [-0.15, -0.1) is 20.4 Å². The van der Waals surface area contributed by atoms with Crippen molar-refractivity contribution in [3.63, 3.8) is 0 Å². The van der Waals surface area contributed by atoms with E-state index in [1.165, 1.54) is 67.8 Å². The standard InChI is InChI=1S/2C11H16N4.3C10H6O8.4H2O/c2*1-6-10(7(2)13-12-6)5-11-8(3)14-15-9(11)4;3*11-7(12)3-1-4(8(13)14)6(10(17)18)2-5(3)9(15)16;;;;/h2*5H2,1-4H3,(H,12,13)(H,14,15);3*1-2H,(H,11,12)(H,13,14)(H,15,16)(H,17,18);4*1H2. The number of carbonyl (C=O) groups is 12. The number of nitrogens with one attached hydrogen (secondary N) is 8. The molecule has 88 heavy (non-hydrogen) atoms. The van der Waals surface area contributed by atoms with Gasteiger partial charge in [0.05, 0.1) is 113 Å². The molecule has 0 saturated carbocycles. The largest absolute Gasteiger partial charge is 0.545 e. The fourth-order valence-corrected chi connectivity index (χ4v) is 7.78. The molecule has 0 fully saturated rings. The lowest BCUT2D eigenvalue weighted by molar-refractivity contribution is -0.458. The number of aromatic carboxylic acids is 12. The Hall–Kier alpha value is -12.0. The topological polar surface area (TPSA) is 705 Å². The average Bonchev–Trinajstić information content (AvgIpc) is 1.76. The third kappa shape index (κ3) is 19.0. The molecule has 36 heteroatoms. The van der Waals surface area contributed by atoms with Crippen molar-refractivity contribution in [2.75, 3.05) is 0 Å². The number of H-pyrrole nitrogens is 8. The van der Waals surface area contributed by atoms with E-state index in [1.54, 1.807) is 0 Å². The van der Waals surface area contributed by atoms with Crippen molar-refractivity contribution < 1.29 is 161 Å². The molecule has 0 radical (unpaired) electrons. The first-order valence-electron chi connectivity index (χ1n) is 23.4. The number of carbonyl (C=O) groups excluding carboxylic acids is 4. The zero-order valence-corrected chi connectivity index (χ0v) is 47.0. The van der Waals surface area contributed by atoms with Crippen LogP contribution >= 0.6 is 0 Å². The van der Waals surface area contributed by atoms with Gasteiger partial charge in [0.1, 0.15) is 0 Å². The molecule has 36 nitrogen and oxygen atoms in total. The third-order valence-corrected chi connectivity index (χ3v) is 12.3. The quantitative estimate of drug-likeness (QED) is 0.0429. The Morgan fingerprint density at radius 3 is 0.523 bits per heavy atom. The number of hydrogen-bond donors (Lipinski definition) is 12. The van der Waals surface area contributed by atoms with E-state index in [-0.39, 0.29) is 21.9 Å². The van der Waals surface area contributed by atoms with Crippen LogP contribution in [0.2, 0.25) is 0 Å². The summed E-state index contributed by atoms with van der Waals surface area (Å²) in [7, 11) is 0.